The second-order valence-corrected chi connectivity index (χ2v) is 13.7. The lowest BCUT2D eigenvalue weighted by Gasteiger charge is -2.48. The maximum atomic E-state index is 13.7. The minimum Gasteiger partial charge on any atom is -0.294 e. The Labute approximate surface area is 208 Å². The van der Waals surface area contributed by atoms with Gasteiger partial charge in [0.05, 0.1) is 0 Å². The van der Waals surface area contributed by atoms with Gasteiger partial charge < -0.3 is 0 Å². The van der Waals surface area contributed by atoms with Gasteiger partial charge in [-0.25, -0.2) is 0 Å². The van der Waals surface area contributed by atoms with Crippen molar-refractivity contribution in [2.75, 3.05) is 0 Å². The quantitative estimate of drug-likeness (QED) is 0.420. The van der Waals surface area contributed by atoms with E-state index in [2.05, 4.69) is 105 Å². The summed E-state index contributed by atoms with van der Waals surface area (Å²) in [5.41, 5.74) is 9.04. The largest absolute Gasteiger partial charge is 0.294 e. The molecule has 0 aromatic heterocycles. The highest BCUT2D eigenvalue weighted by Crippen LogP contribution is 2.51. The highest BCUT2D eigenvalue weighted by molar-refractivity contribution is 5.96. The Morgan fingerprint density at radius 3 is 1.85 bits per heavy atom. The lowest BCUT2D eigenvalue weighted by molar-refractivity contribution is 0.0910. The Morgan fingerprint density at radius 1 is 0.765 bits per heavy atom. The van der Waals surface area contributed by atoms with Gasteiger partial charge in [-0.2, -0.15) is 0 Å². The van der Waals surface area contributed by atoms with Crippen LogP contribution >= 0.6 is 0 Å². The van der Waals surface area contributed by atoms with Gasteiger partial charge in [0.15, 0.2) is 5.78 Å². The summed E-state index contributed by atoms with van der Waals surface area (Å²) in [6.45, 7) is 24.9. The molecule has 1 unspecified atom stereocenters. The van der Waals surface area contributed by atoms with Crippen molar-refractivity contribution in [3.05, 3.63) is 76.4 Å². The molecule has 0 aliphatic heterocycles. The second kappa shape index (κ2) is 7.94. The van der Waals surface area contributed by atoms with E-state index in [1.165, 1.54) is 34.2 Å². The van der Waals surface area contributed by atoms with Crippen LogP contribution in [-0.4, -0.2) is 5.78 Å². The van der Waals surface area contributed by atoms with Gasteiger partial charge >= 0.3 is 0 Å². The molecule has 0 bridgehead atoms. The normalized spacial score (nSPS) is 23.5. The van der Waals surface area contributed by atoms with E-state index in [0.29, 0.717) is 12.3 Å². The second-order valence-electron chi connectivity index (χ2n) is 13.7. The van der Waals surface area contributed by atoms with E-state index in [-0.39, 0.29) is 27.4 Å². The van der Waals surface area contributed by atoms with E-state index in [0.717, 1.165) is 24.0 Å². The molecule has 0 N–H and O–H groups in total. The SMILES string of the molecule is C=C(C)c1ccc2c(c1)C(C)(C)C(CC(=O)c1ccc3c(c1)C(C)(C)CCC3(C)C)CC2(C)C. The first kappa shape index (κ1) is 25.0. The number of ketones is 1. The highest BCUT2D eigenvalue weighted by atomic mass is 16.1. The number of Topliss-reactive ketones (excluding diaryl/α,β-unsaturated/α-hetero) is 1. The van der Waals surface area contributed by atoms with Crippen LogP contribution < -0.4 is 0 Å². The van der Waals surface area contributed by atoms with Gasteiger partial charge in [0.1, 0.15) is 0 Å². The molecule has 0 heterocycles. The number of carbonyl (C=O) groups excluding carboxylic acids is 1. The summed E-state index contributed by atoms with van der Waals surface area (Å²) in [4.78, 5) is 13.7. The third-order valence-corrected chi connectivity index (χ3v) is 9.32. The maximum Gasteiger partial charge on any atom is 0.163 e. The molecule has 0 amide bonds. The topological polar surface area (TPSA) is 17.1 Å². The zero-order valence-electron chi connectivity index (χ0n) is 23.0. The minimum atomic E-state index is -0.0680. The fourth-order valence-corrected chi connectivity index (χ4v) is 6.57. The molecule has 0 radical (unpaired) electrons. The number of hydrogen-bond donors (Lipinski definition) is 0. The van der Waals surface area contributed by atoms with Gasteiger partial charge in [-0.3, -0.25) is 4.79 Å². The van der Waals surface area contributed by atoms with Crippen LogP contribution in [0.4, 0.5) is 0 Å². The molecule has 0 saturated heterocycles. The fourth-order valence-electron chi connectivity index (χ4n) is 6.57. The first-order valence-electron chi connectivity index (χ1n) is 13.1. The summed E-state index contributed by atoms with van der Waals surface area (Å²) in [7, 11) is 0. The predicted octanol–water partition coefficient (Wildman–Crippen LogP) is 8.92. The first-order chi connectivity index (χ1) is 15.6. The van der Waals surface area contributed by atoms with Crippen LogP contribution in [0.1, 0.15) is 126 Å². The van der Waals surface area contributed by atoms with Crippen molar-refractivity contribution >= 4 is 11.4 Å². The summed E-state index contributed by atoms with van der Waals surface area (Å²) in [6, 6.07) is 13.4. The van der Waals surface area contributed by atoms with Crippen molar-refractivity contribution in [1.29, 1.82) is 0 Å². The summed E-state index contributed by atoms with van der Waals surface area (Å²) in [6.07, 6.45) is 3.97. The molecule has 34 heavy (non-hydrogen) atoms. The molecular weight excluding hydrogens is 412 g/mol. The Kier molecular flexibility index (Phi) is 5.83. The smallest absolute Gasteiger partial charge is 0.163 e. The standard InChI is InChI=1S/C33H44O/c1-21(2)22-11-13-26-28(17-22)33(9,10)24(20-32(26,7)8)19-29(34)23-12-14-25-27(18-23)31(5,6)16-15-30(25,3)4/h11-14,17-18,24H,1,15-16,19-20H2,2-10H3. The molecule has 2 aromatic rings. The predicted molar refractivity (Wildman–Crippen MR) is 146 cm³/mol. The van der Waals surface area contributed by atoms with Gasteiger partial charge in [0.25, 0.3) is 0 Å². The van der Waals surface area contributed by atoms with Crippen molar-refractivity contribution in [1.82, 2.24) is 0 Å². The Bertz CT molecular complexity index is 1160. The van der Waals surface area contributed by atoms with E-state index in [4.69, 9.17) is 0 Å². The van der Waals surface area contributed by atoms with Crippen molar-refractivity contribution in [3.8, 4) is 0 Å². The van der Waals surface area contributed by atoms with Gasteiger partial charge in [-0.1, -0.05) is 97.9 Å². The van der Waals surface area contributed by atoms with E-state index < -0.39 is 0 Å². The molecule has 1 atom stereocenters. The van der Waals surface area contributed by atoms with Crippen molar-refractivity contribution in [2.24, 2.45) is 5.92 Å². The maximum absolute atomic E-state index is 13.7. The average molecular weight is 457 g/mol. The summed E-state index contributed by atoms with van der Waals surface area (Å²) >= 11 is 0. The lowest BCUT2D eigenvalue weighted by Crippen LogP contribution is -2.42. The van der Waals surface area contributed by atoms with Crippen LogP contribution in [-0.2, 0) is 21.7 Å². The molecule has 2 aromatic carbocycles. The molecule has 0 spiro atoms. The summed E-state index contributed by atoms with van der Waals surface area (Å²) in [5.74, 6) is 0.582. The zero-order valence-corrected chi connectivity index (χ0v) is 23.0. The third-order valence-electron chi connectivity index (χ3n) is 9.32. The number of fused-ring (bicyclic) bond motifs is 2. The van der Waals surface area contributed by atoms with Crippen LogP contribution in [0.15, 0.2) is 43.0 Å². The summed E-state index contributed by atoms with van der Waals surface area (Å²) < 4.78 is 0. The van der Waals surface area contributed by atoms with Gasteiger partial charge in [-0.05, 0) is 87.6 Å². The molecule has 182 valence electrons. The van der Waals surface area contributed by atoms with Gasteiger partial charge in [-0.15, -0.1) is 0 Å². The highest BCUT2D eigenvalue weighted by Gasteiger charge is 2.45. The van der Waals surface area contributed by atoms with Crippen LogP contribution in [0.5, 0.6) is 0 Å². The van der Waals surface area contributed by atoms with Crippen LogP contribution in [0.3, 0.4) is 0 Å². The number of hydrogen-bond acceptors (Lipinski definition) is 1. The Morgan fingerprint density at radius 2 is 1.26 bits per heavy atom. The first-order valence-corrected chi connectivity index (χ1v) is 13.1. The molecule has 1 nitrogen and oxygen atoms in total. The Balaban J connectivity index is 1.69. The molecule has 0 fully saturated rings. The lowest BCUT2D eigenvalue weighted by atomic mass is 9.56. The number of carbonyl (C=O) groups is 1. The van der Waals surface area contributed by atoms with Crippen molar-refractivity contribution < 1.29 is 4.79 Å². The molecular formula is C33H44O. The third kappa shape index (κ3) is 4.10. The molecule has 1 heteroatoms. The number of rotatable bonds is 4. The molecule has 4 rings (SSSR count). The number of benzene rings is 2. The van der Waals surface area contributed by atoms with Crippen LogP contribution in [0.25, 0.3) is 5.57 Å². The van der Waals surface area contributed by atoms with Crippen LogP contribution in [0.2, 0.25) is 0 Å². The van der Waals surface area contributed by atoms with Crippen molar-refractivity contribution in [2.45, 2.75) is 110 Å². The molecule has 0 saturated carbocycles. The van der Waals surface area contributed by atoms with Gasteiger partial charge in [0.2, 0.25) is 0 Å². The Hall–Kier alpha value is -2.15. The fraction of sp³-hybridized carbons (Fsp3) is 0.545. The minimum absolute atomic E-state index is 0.0469. The average Bonchev–Trinajstić information content (AvgIpc) is 2.75. The molecule has 2 aliphatic rings. The zero-order chi connectivity index (χ0) is 25.3. The van der Waals surface area contributed by atoms with E-state index in [1.807, 2.05) is 0 Å². The van der Waals surface area contributed by atoms with E-state index >= 15 is 0 Å². The monoisotopic (exact) mass is 456 g/mol. The summed E-state index contributed by atoms with van der Waals surface area (Å²) in [5, 5.41) is 0. The van der Waals surface area contributed by atoms with E-state index in [1.54, 1.807) is 0 Å². The van der Waals surface area contributed by atoms with E-state index in [9.17, 15) is 4.79 Å². The van der Waals surface area contributed by atoms with Crippen LogP contribution in [0, 0.1) is 5.92 Å². The molecule has 2 aliphatic carbocycles. The van der Waals surface area contributed by atoms with Crippen molar-refractivity contribution in [3.63, 3.8) is 0 Å². The number of allylic oxidation sites excluding steroid dienone is 1. The van der Waals surface area contributed by atoms with Gasteiger partial charge in [0, 0.05) is 12.0 Å².